The summed E-state index contributed by atoms with van der Waals surface area (Å²) in [6.07, 6.45) is -1.65. The molecule has 1 atom stereocenters. The number of nitrogens with one attached hydrogen (secondary N) is 2. The normalized spacial score (nSPS) is 13.6. The SMILES string of the molecule is CCCC(C)N/C=C(\C(=N)C(F)(F)F)c1ccc(OC)cc1. The van der Waals surface area contributed by atoms with Gasteiger partial charge in [-0.3, -0.25) is 5.41 Å². The maximum Gasteiger partial charge on any atom is 0.433 e. The van der Waals surface area contributed by atoms with E-state index in [1.165, 1.54) is 25.4 Å². The topological polar surface area (TPSA) is 45.1 Å². The number of hydrogen-bond donors (Lipinski definition) is 2. The molecule has 122 valence electrons. The molecule has 0 heterocycles. The Morgan fingerprint density at radius 3 is 2.36 bits per heavy atom. The van der Waals surface area contributed by atoms with Crippen molar-refractivity contribution in [3.8, 4) is 5.75 Å². The zero-order chi connectivity index (χ0) is 16.8. The summed E-state index contributed by atoms with van der Waals surface area (Å²) < 4.78 is 43.7. The van der Waals surface area contributed by atoms with Gasteiger partial charge in [-0.25, -0.2) is 0 Å². The number of ether oxygens (including phenoxy) is 1. The summed E-state index contributed by atoms with van der Waals surface area (Å²) in [5.41, 5.74) is -1.23. The molecule has 0 saturated carbocycles. The van der Waals surface area contributed by atoms with Crippen molar-refractivity contribution in [3.05, 3.63) is 36.0 Å². The van der Waals surface area contributed by atoms with E-state index >= 15 is 0 Å². The number of halogens is 3. The Balaban J connectivity index is 3.10. The molecule has 1 aromatic rings. The van der Waals surface area contributed by atoms with Crippen molar-refractivity contribution in [2.45, 2.75) is 38.9 Å². The molecular weight excluding hydrogens is 293 g/mol. The highest BCUT2D eigenvalue weighted by Crippen LogP contribution is 2.28. The van der Waals surface area contributed by atoms with Gasteiger partial charge in [0.15, 0.2) is 0 Å². The summed E-state index contributed by atoms with van der Waals surface area (Å²) in [5, 5.41) is 10.3. The van der Waals surface area contributed by atoms with Crippen LogP contribution < -0.4 is 10.1 Å². The van der Waals surface area contributed by atoms with E-state index in [4.69, 9.17) is 10.1 Å². The van der Waals surface area contributed by atoms with Crippen LogP contribution in [0, 0.1) is 5.41 Å². The Kier molecular flexibility index (Phi) is 6.46. The van der Waals surface area contributed by atoms with Crippen LogP contribution in [0.3, 0.4) is 0 Å². The van der Waals surface area contributed by atoms with Crippen LogP contribution in [-0.2, 0) is 0 Å². The standard InChI is InChI=1S/C16H21F3N2O/c1-4-5-11(2)21-10-14(15(20)16(17,18)19)12-6-8-13(22-3)9-7-12/h6-11,20-21H,4-5H2,1-3H3/b14-10-,20-15?. The third kappa shape index (κ3) is 5.09. The summed E-state index contributed by atoms with van der Waals surface area (Å²) in [4.78, 5) is 0. The average molecular weight is 314 g/mol. The highest BCUT2D eigenvalue weighted by Gasteiger charge is 2.37. The molecule has 2 N–H and O–H groups in total. The fourth-order valence-electron chi connectivity index (χ4n) is 1.97. The number of alkyl halides is 3. The van der Waals surface area contributed by atoms with E-state index in [1.54, 1.807) is 12.1 Å². The molecule has 3 nitrogen and oxygen atoms in total. The molecule has 0 saturated heterocycles. The number of rotatable bonds is 7. The van der Waals surface area contributed by atoms with Gasteiger partial charge in [0.2, 0.25) is 0 Å². The van der Waals surface area contributed by atoms with E-state index in [0.717, 1.165) is 12.8 Å². The van der Waals surface area contributed by atoms with Gasteiger partial charge in [0, 0.05) is 17.8 Å². The largest absolute Gasteiger partial charge is 0.497 e. The third-order valence-corrected chi connectivity index (χ3v) is 3.19. The molecule has 0 aliphatic rings. The second kappa shape index (κ2) is 7.87. The maximum atomic E-state index is 12.9. The smallest absolute Gasteiger partial charge is 0.433 e. The van der Waals surface area contributed by atoms with Crippen LogP contribution in [0.15, 0.2) is 30.5 Å². The summed E-state index contributed by atoms with van der Waals surface area (Å²) in [6.45, 7) is 3.90. The van der Waals surface area contributed by atoms with Gasteiger partial charge in [-0.15, -0.1) is 0 Å². The van der Waals surface area contributed by atoms with Crippen molar-refractivity contribution < 1.29 is 17.9 Å². The van der Waals surface area contributed by atoms with Gasteiger partial charge in [-0.1, -0.05) is 25.5 Å². The van der Waals surface area contributed by atoms with Gasteiger partial charge in [0.05, 0.1) is 7.11 Å². The summed E-state index contributed by atoms with van der Waals surface area (Å²) >= 11 is 0. The van der Waals surface area contributed by atoms with Crippen molar-refractivity contribution >= 4 is 11.3 Å². The van der Waals surface area contributed by atoms with Gasteiger partial charge < -0.3 is 10.1 Å². The molecule has 0 spiro atoms. The molecule has 0 bridgehead atoms. The van der Waals surface area contributed by atoms with Crippen LogP contribution in [-0.4, -0.2) is 25.0 Å². The number of methoxy groups -OCH3 is 1. The van der Waals surface area contributed by atoms with Gasteiger partial charge >= 0.3 is 6.18 Å². The lowest BCUT2D eigenvalue weighted by Gasteiger charge is -2.16. The molecule has 1 unspecified atom stereocenters. The summed E-state index contributed by atoms with van der Waals surface area (Å²) in [7, 11) is 1.48. The van der Waals surface area contributed by atoms with Gasteiger partial charge in [-0.05, 0) is 31.0 Å². The lowest BCUT2D eigenvalue weighted by atomic mass is 10.0. The Labute approximate surface area is 128 Å². The van der Waals surface area contributed by atoms with Crippen molar-refractivity contribution in [1.82, 2.24) is 5.32 Å². The Bertz CT molecular complexity index is 521. The molecule has 1 rings (SSSR count). The van der Waals surface area contributed by atoms with Gasteiger partial charge in [0.1, 0.15) is 11.5 Å². The van der Waals surface area contributed by atoms with E-state index in [9.17, 15) is 13.2 Å². The van der Waals surface area contributed by atoms with E-state index in [-0.39, 0.29) is 11.6 Å². The Morgan fingerprint density at radius 2 is 1.91 bits per heavy atom. The summed E-state index contributed by atoms with van der Waals surface area (Å²) in [5.74, 6) is 0.550. The van der Waals surface area contributed by atoms with Gasteiger partial charge in [-0.2, -0.15) is 13.2 Å². The molecule has 0 aliphatic heterocycles. The molecule has 6 heteroatoms. The van der Waals surface area contributed by atoms with Crippen LogP contribution in [0.5, 0.6) is 5.75 Å². The first-order valence-electron chi connectivity index (χ1n) is 7.06. The number of allylic oxidation sites excluding steroid dienone is 1. The zero-order valence-electron chi connectivity index (χ0n) is 12.9. The van der Waals surface area contributed by atoms with Crippen LogP contribution in [0.2, 0.25) is 0 Å². The number of hydrogen-bond acceptors (Lipinski definition) is 3. The van der Waals surface area contributed by atoms with Crippen LogP contribution in [0.25, 0.3) is 5.57 Å². The van der Waals surface area contributed by atoms with E-state index < -0.39 is 11.9 Å². The van der Waals surface area contributed by atoms with Crippen molar-refractivity contribution in [1.29, 1.82) is 5.41 Å². The molecule has 0 fully saturated rings. The molecular formula is C16H21F3N2O. The third-order valence-electron chi connectivity index (χ3n) is 3.19. The lowest BCUT2D eigenvalue weighted by Crippen LogP contribution is -2.26. The minimum Gasteiger partial charge on any atom is -0.497 e. The van der Waals surface area contributed by atoms with Crippen molar-refractivity contribution in [2.75, 3.05) is 7.11 Å². The average Bonchev–Trinajstić information content (AvgIpc) is 2.47. The van der Waals surface area contributed by atoms with E-state index in [1.807, 2.05) is 13.8 Å². The first-order chi connectivity index (χ1) is 10.3. The zero-order valence-corrected chi connectivity index (χ0v) is 12.9. The Hall–Kier alpha value is -1.98. The second-order valence-electron chi connectivity index (χ2n) is 5.02. The molecule has 0 amide bonds. The second-order valence-corrected chi connectivity index (χ2v) is 5.02. The van der Waals surface area contributed by atoms with Crippen LogP contribution in [0.1, 0.15) is 32.3 Å². The van der Waals surface area contributed by atoms with Gasteiger partial charge in [0.25, 0.3) is 0 Å². The highest BCUT2D eigenvalue weighted by atomic mass is 19.4. The predicted octanol–water partition coefficient (Wildman–Crippen LogP) is 4.40. The molecule has 0 aromatic heterocycles. The predicted molar refractivity (Wildman–Crippen MR) is 82.3 cm³/mol. The van der Waals surface area contributed by atoms with E-state index in [2.05, 4.69) is 5.32 Å². The van der Waals surface area contributed by atoms with Crippen LogP contribution >= 0.6 is 0 Å². The lowest BCUT2D eigenvalue weighted by molar-refractivity contribution is -0.0578. The fourth-order valence-corrected chi connectivity index (χ4v) is 1.97. The maximum absolute atomic E-state index is 12.9. The quantitative estimate of drug-likeness (QED) is 0.733. The summed E-state index contributed by atoms with van der Waals surface area (Å²) in [6, 6.07) is 6.21. The molecule has 1 aromatic carbocycles. The Morgan fingerprint density at radius 1 is 1.32 bits per heavy atom. The van der Waals surface area contributed by atoms with Crippen LogP contribution in [0.4, 0.5) is 13.2 Å². The monoisotopic (exact) mass is 314 g/mol. The minimum atomic E-state index is -4.69. The first-order valence-corrected chi connectivity index (χ1v) is 7.06. The van der Waals surface area contributed by atoms with E-state index in [0.29, 0.717) is 11.3 Å². The number of benzene rings is 1. The first kappa shape index (κ1) is 18.1. The van der Waals surface area contributed by atoms with Crippen molar-refractivity contribution in [3.63, 3.8) is 0 Å². The highest BCUT2D eigenvalue weighted by molar-refractivity contribution is 6.24. The molecule has 0 radical (unpaired) electrons. The molecule has 0 aliphatic carbocycles. The fraction of sp³-hybridized carbons (Fsp3) is 0.438. The molecule has 22 heavy (non-hydrogen) atoms. The minimum absolute atomic E-state index is 0.0410. The van der Waals surface area contributed by atoms with Crippen molar-refractivity contribution in [2.24, 2.45) is 0 Å².